The van der Waals surface area contributed by atoms with Crippen LogP contribution in [0.1, 0.15) is 0 Å². The topological polar surface area (TPSA) is 44.1 Å². The van der Waals surface area contributed by atoms with Gasteiger partial charge in [-0.05, 0) is 0 Å². The number of halogens is 1. The van der Waals surface area contributed by atoms with Gasteiger partial charge < -0.3 is 4.74 Å². The van der Waals surface area contributed by atoms with E-state index in [4.69, 9.17) is 16.3 Å². The third kappa shape index (κ3) is 0.936. The Bertz CT molecular complexity index is 574. The molecule has 72 valence electrons. The number of aromatic nitrogens is 2. The van der Waals surface area contributed by atoms with E-state index >= 15 is 0 Å². The number of ether oxygens (including phenoxy) is 1. The molecule has 2 aromatic rings. The summed E-state index contributed by atoms with van der Waals surface area (Å²) in [6, 6.07) is 0.378. The van der Waals surface area contributed by atoms with Crippen LogP contribution in [0.25, 0.3) is 10.9 Å². The van der Waals surface area contributed by atoms with Crippen molar-refractivity contribution in [3.8, 4) is 6.01 Å². The first-order valence-electron chi connectivity index (χ1n) is 4.08. The van der Waals surface area contributed by atoms with Gasteiger partial charge in [-0.3, -0.25) is 9.36 Å². The second-order valence-electron chi connectivity index (χ2n) is 2.97. The molecular formula is C8H5ClN2O2S. The van der Waals surface area contributed by atoms with Crippen molar-refractivity contribution < 1.29 is 4.74 Å². The molecular weight excluding hydrogens is 224 g/mol. The van der Waals surface area contributed by atoms with Crippen molar-refractivity contribution >= 4 is 33.8 Å². The van der Waals surface area contributed by atoms with Crippen molar-refractivity contribution in [2.45, 2.75) is 6.54 Å². The average molecular weight is 229 g/mol. The summed E-state index contributed by atoms with van der Waals surface area (Å²) in [4.78, 5) is 16.0. The van der Waals surface area contributed by atoms with Crippen LogP contribution in [-0.4, -0.2) is 16.2 Å². The number of rotatable bonds is 0. The molecule has 0 atom stereocenters. The van der Waals surface area contributed by atoms with Crippen molar-refractivity contribution in [1.82, 2.24) is 9.55 Å². The molecule has 3 rings (SSSR count). The molecule has 1 aliphatic rings. The Labute approximate surface area is 87.7 Å². The highest BCUT2D eigenvalue weighted by Crippen LogP contribution is 2.28. The van der Waals surface area contributed by atoms with Crippen LogP contribution < -0.4 is 10.3 Å². The SMILES string of the molecule is O=c1c2csc(Cl)c2nc2n1CCO2. The maximum absolute atomic E-state index is 11.8. The molecule has 0 bridgehead atoms. The van der Waals surface area contributed by atoms with Crippen LogP contribution in [0.2, 0.25) is 4.34 Å². The highest BCUT2D eigenvalue weighted by atomic mass is 35.5. The summed E-state index contributed by atoms with van der Waals surface area (Å²) < 4.78 is 7.28. The van der Waals surface area contributed by atoms with Gasteiger partial charge in [-0.15, -0.1) is 11.3 Å². The van der Waals surface area contributed by atoms with E-state index in [-0.39, 0.29) is 5.56 Å². The Kier molecular flexibility index (Phi) is 1.60. The van der Waals surface area contributed by atoms with E-state index in [1.165, 1.54) is 15.9 Å². The largest absolute Gasteiger partial charge is 0.463 e. The van der Waals surface area contributed by atoms with Crippen molar-refractivity contribution in [2.75, 3.05) is 6.61 Å². The number of fused-ring (bicyclic) bond motifs is 2. The zero-order valence-electron chi connectivity index (χ0n) is 6.99. The first kappa shape index (κ1) is 8.26. The van der Waals surface area contributed by atoms with E-state index in [9.17, 15) is 4.79 Å². The standard InChI is InChI=1S/C8H5ClN2O2S/c9-6-5-4(3-14-6)7(12)11-1-2-13-8(11)10-5/h3H,1-2H2. The van der Waals surface area contributed by atoms with Crippen LogP contribution in [0.15, 0.2) is 10.2 Å². The summed E-state index contributed by atoms with van der Waals surface area (Å²) in [5.41, 5.74) is 0.487. The molecule has 14 heavy (non-hydrogen) atoms. The molecule has 0 aliphatic carbocycles. The smallest absolute Gasteiger partial charge is 0.300 e. The third-order valence-corrected chi connectivity index (χ3v) is 3.38. The van der Waals surface area contributed by atoms with Gasteiger partial charge in [0.1, 0.15) is 16.5 Å². The molecule has 4 nitrogen and oxygen atoms in total. The van der Waals surface area contributed by atoms with Gasteiger partial charge in [0.15, 0.2) is 0 Å². The normalized spacial score (nSPS) is 14.4. The van der Waals surface area contributed by atoms with Gasteiger partial charge in [-0.2, -0.15) is 4.98 Å². The van der Waals surface area contributed by atoms with Crippen molar-refractivity contribution in [2.24, 2.45) is 0 Å². The van der Waals surface area contributed by atoms with E-state index in [0.29, 0.717) is 34.4 Å². The first-order chi connectivity index (χ1) is 6.77. The maximum Gasteiger partial charge on any atom is 0.300 e. The lowest BCUT2D eigenvalue weighted by Gasteiger charge is -1.98. The predicted octanol–water partition coefficient (Wildman–Crippen LogP) is 1.50. The average Bonchev–Trinajstić information content (AvgIpc) is 2.75. The lowest BCUT2D eigenvalue weighted by atomic mass is 10.4. The molecule has 0 N–H and O–H groups in total. The molecule has 3 heterocycles. The molecule has 0 radical (unpaired) electrons. The van der Waals surface area contributed by atoms with E-state index < -0.39 is 0 Å². The van der Waals surface area contributed by atoms with Crippen molar-refractivity contribution in [1.29, 1.82) is 0 Å². The Morgan fingerprint density at radius 2 is 2.50 bits per heavy atom. The quantitative estimate of drug-likeness (QED) is 0.687. The fraction of sp³-hybridized carbons (Fsp3) is 0.250. The summed E-state index contributed by atoms with van der Waals surface area (Å²) in [5.74, 6) is 0. The minimum absolute atomic E-state index is 0.0642. The van der Waals surface area contributed by atoms with Gasteiger partial charge in [-0.1, -0.05) is 11.6 Å². The van der Waals surface area contributed by atoms with E-state index in [1.54, 1.807) is 5.38 Å². The molecule has 0 amide bonds. The predicted molar refractivity (Wildman–Crippen MR) is 54.4 cm³/mol. The van der Waals surface area contributed by atoms with Gasteiger partial charge >= 0.3 is 0 Å². The Hall–Kier alpha value is -1.07. The fourth-order valence-corrected chi connectivity index (χ4v) is 2.49. The minimum atomic E-state index is -0.0642. The lowest BCUT2D eigenvalue weighted by Crippen LogP contribution is -2.17. The molecule has 0 spiro atoms. The molecule has 6 heteroatoms. The van der Waals surface area contributed by atoms with Crippen LogP contribution in [-0.2, 0) is 6.54 Å². The van der Waals surface area contributed by atoms with Gasteiger partial charge in [0.25, 0.3) is 11.6 Å². The summed E-state index contributed by atoms with van der Waals surface area (Å²) in [7, 11) is 0. The number of nitrogens with zero attached hydrogens (tertiary/aromatic N) is 2. The zero-order chi connectivity index (χ0) is 9.71. The van der Waals surface area contributed by atoms with E-state index in [2.05, 4.69) is 4.98 Å². The Morgan fingerprint density at radius 1 is 1.64 bits per heavy atom. The highest BCUT2D eigenvalue weighted by molar-refractivity contribution is 7.16. The second-order valence-corrected chi connectivity index (χ2v) is 4.45. The third-order valence-electron chi connectivity index (χ3n) is 2.18. The summed E-state index contributed by atoms with van der Waals surface area (Å²) in [6.45, 7) is 1.08. The van der Waals surface area contributed by atoms with Crippen LogP contribution in [0.5, 0.6) is 6.01 Å². The summed E-state index contributed by atoms with van der Waals surface area (Å²) in [6.07, 6.45) is 0. The van der Waals surface area contributed by atoms with Crippen LogP contribution in [0, 0.1) is 0 Å². The van der Waals surface area contributed by atoms with Gasteiger partial charge in [0.2, 0.25) is 0 Å². The summed E-state index contributed by atoms with van der Waals surface area (Å²) in [5, 5.41) is 2.31. The number of hydrogen-bond donors (Lipinski definition) is 0. The monoisotopic (exact) mass is 228 g/mol. The molecule has 0 unspecified atom stereocenters. The van der Waals surface area contributed by atoms with E-state index in [0.717, 1.165) is 0 Å². The minimum Gasteiger partial charge on any atom is -0.463 e. The summed E-state index contributed by atoms with van der Waals surface area (Å²) >= 11 is 7.22. The Balaban J connectivity index is 2.52. The molecule has 0 saturated carbocycles. The molecule has 1 aliphatic heterocycles. The Morgan fingerprint density at radius 3 is 3.36 bits per heavy atom. The van der Waals surface area contributed by atoms with Gasteiger partial charge in [0, 0.05) is 5.38 Å². The van der Waals surface area contributed by atoms with Crippen LogP contribution in [0.3, 0.4) is 0 Å². The van der Waals surface area contributed by atoms with Crippen LogP contribution >= 0.6 is 22.9 Å². The molecule has 2 aromatic heterocycles. The fourth-order valence-electron chi connectivity index (χ4n) is 1.51. The lowest BCUT2D eigenvalue weighted by molar-refractivity contribution is 0.345. The molecule has 0 aromatic carbocycles. The van der Waals surface area contributed by atoms with Crippen molar-refractivity contribution in [3.05, 3.63) is 20.1 Å². The highest BCUT2D eigenvalue weighted by Gasteiger charge is 2.19. The van der Waals surface area contributed by atoms with Crippen LogP contribution in [0.4, 0.5) is 0 Å². The molecule has 0 saturated heterocycles. The second kappa shape index (κ2) is 2.71. The molecule has 0 fully saturated rings. The first-order valence-corrected chi connectivity index (χ1v) is 5.33. The maximum atomic E-state index is 11.8. The van der Waals surface area contributed by atoms with E-state index in [1.807, 2.05) is 0 Å². The number of hydrogen-bond acceptors (Lipinski definition) is 4. The van der Waals surface area contributed by atoms with Gasteiger partial charge in [-0.25, -0.2) is 0 Å². The van der Waals surface area contributed by atoms with Crippen molar-refractivity contribution in [3.63, 3.8) is 0 Å². The zero-order valence-corrected chi connectivity index (χ0v) is 8.56. The van der Waals surface area contributed by atoms with Gasteiger partial charge in [0.05, 0.1) is 11.9 Å². The number of thiophene rings is 1.